The number of hydrogen-bond donors (Lipinski definition) is 1. The van der Waals surface area contributed by atoms with E-state index in [1.165, 1.54) is 0 Å². The molecular weight excluding hydrogens is 284 g/mol. The van der Waals surface area contributed by atoms with Gasteiger partial charge in [0.25, 0.3) is 0 Å². The maximum Gasteiger partial charge on any atom is 0.318 e. The molecule has 0 bridgehead atoms. The van der Waals surface area contributed by atoms with Gasteiger partial charge in [-0.3, -0.25) is 4.68 Å². The Labute approximate surface area is 129 Å². The first-order valence-electron chi connectivity index (χ1n) is 7.54. The second kappa shape index (κ2) is 6.56. The predicted octanol–water partition coefficient (Wildman–Crippen LogP) is 2.33. The molecule has 2 amide bonds. The topological polar surface area (TPSA) is 50.2 Å². The molecule has 1 N–H and O–H groups in total. The van der Waals surface area contributed by atoms with Crippen molar-refractivity contribution in [3.05, 3.63) is 30.1 Å². The molecule has 1 aliphatic heterocycles. The zero-order valence-electron chi connectivity index (χ0n) is 12.4. The lowest BCUT2D eigenvalue weighted by molar-refractivity contribution is 0.179. The molecule has 114 valence electrons. The lowest BCUT2D eigenvalue weighted by atomic mass is 10.0. The molecule has 1 aromatic rings. The van der Waals surface area contributed by atoms with E-state index in [0.717, 1.165) is 42.9 Å². The van der Waals surface area contributed by atoms with Crippen LogP contribution in [-0.4, -0.2) is 44.8 Å². The normalized spacial score (nSPS) is 25.9. The minimum absolute atomic E-state index is 0.0562. The second-order valence-electron chi connectivity index (χ2n) is 5.65. The van der Waals surface area contributed by atoms with E-state index in [1.54, 1.807) is 4.68 Å². The largest absolute Gasteiger partial charge is 0.332 e. The third-order valence-electron chi connectivity index (χ3n) is 4.06. The highest BCUT2D eigenvalue weighted by Gasteiger charge is 2.30. The Hall–Kier alpha value is -1.43. The summed E-state index contributed by atoms with van der Waals surface area (Å²) in [5.41, 5.74) is 1.12. The Kier molecular flexibility index (Phi) is 4.53. The first-order chi connectivity index (χ1) is 10.2. The summed E-state index contributed by atoms with van der Waals surface area (Å²) in [6.07, 6.45) is 11.5. The van der Waals surface area contributed by atoms with Crippen LogP contribution in [0.4, 0.5) is 4.79 Å². The number of allylic oxidation sites excluding steroid dienone is 1. The molecule has 0 radical (unpaired) electrons. The molecule has 21 heavy (non-hydrogen) atoms. The van der Waals surface area contributed by atoms with Crippen LogP contribution >= 0.6 is 11.8 Å². The molecule has 0 aromatic carbocycles. The van der Waals surface area contributed by atoms with Gasteiger partial charge in [-0.25, -0.2) is 4.79 Å². The fraction of sp³-hybridized carbons (Fsp3) is 0.600. The van der Waals surface area contributed by atoms with Crippen molar-refractivity contribution in [3.63, 3.8) is 0 Å². The van der Waals surface area contributed by atoms with Gasteiger partial charge in [-0.05, 0) is 19.3 Å². The van der Waals surface area contributed by atoms with Gasteiger partial charge in [0, 0.05) is 42.9 Å². The number of carbonyl (C=O) groups excluding carboxylic acids is 1. The van der Waals surface area contributed by atoms with Crippen molar-refractivity contribution in [1.82, 2.24) is 20.0 Å². The van der Waals surface area contributed by atoms with Gasteiger partial charge < -0.3 is 10.2 Å². The molecule has 6 heteroatoms. The van der Waals surface area contributed by atoms with Crippen LogP contribution in [0.25, 0.3) is 0 Å². The van der Waals surface area contributed by atoms with Crippen LogP contribution in [0.3, 0.4) is 0 Å². The van der Waals surface area contributed by atoms with E-state index in [9.17, 15) is 4.79 Å². The highest BCUT2D eigenvalue weighted by Crippen LogP contribution is 2.29. The lowest BCUT2D eigenvalue weighted by Crippen LogP contribution is -2.49. The third kappa shape index (κ3) is 3.43. The Balaban J connectivity index is 1.69. The molecule has 2 heterocycles. The van der Waals surface area contributed by atoms with E-state index in [1.807, 2.05) is 36.1 Å². The monoisotopic (exact) mass is 306 g/mol. The predicted molar refractivity (Wildman–Crippen MR) is 85.3 cm³/mol. The van der Waals surface area contributed by atoms with Crippen molar-refractivity contribution >= 4 is 17.8 Å². The van der Waals surface area contributed by atoms with E-state index < -0.39 is 0 Å². The molecule has 5 nitrogen and oxygen atoms in total. The van der Waals surface area contributed by atoms with Gasteiger partial charge >= 0.3 is 6.03 Å². The van der Waals surface area contributed by atoms with Crippen molar-refractivity contribution in [2.24, 2.45) is 7.05 Å². The maximum atomic E-state index is 12.6. The molecule has 2 aliphatic rings. The van der Waals surface area contributed by atoms with E-state index in [4.69, 9.17) is 0 Å². The molecule has 1 saturated heterocycles. The molecule has 1 aromatic heterocycles. The number of amides is 2. The quantitative estimate of drug-likeness (QED) is 0.853. The fourth-order valence-corrected chi connectivity index (χ4v) is 4.00. The summed E-state index contributed by atoms with van der Waals surface area (Å²) in [6, 6.07) is 0.376. The number of carbonyl (C=O) groups is 1. The molecule has 1 aliphatic carbocycles. The number of urea groups is 1. The molecule has 1 fully saturated rings. The highest BCUT2D eigenvalue weighted by molar-refractivity contribution is 7.99. The summed E-state index contributed by atoms with van der Waals surface area (Å²) < 4.78 is 1.80. The minimum Gasteiger partial charge on any atom is -0.332 e. The molecule has 2 atom stereocenters. The number of thioether (sulfide) groups is 1. The van der Waals surface area contributed by atoms with Crippen molar-refractivity contribution in [1.29, 1.82) is 0 Å². The third-order valence-corrected chi connectivity index (χ3v) is 5.08. The number of hydrogen-bond acceptors (Lipinski definition) is 3. The Morgan fingerprint density at radius 3 is 3.14 bits per heavy atom. The van der Waals surface area contributed by atoms with E-state index in [0.29, 0.717) is 0 Å². The first-order valence-corrected chi connectivity index (χ1v) is 8.69. The number of rotatable bonds is 2. The molecule has 0 unspecified atom stereocenters. The van der Waals surface area contributed by atoms with Crippen LogP contribution in [0.2, 0.25) is 0 Å². The van der Waals surface area contributed by atoms with Crippen molar-refractivity contribution in [3.8, 4) is 0 Å². The van der Waals surface area contributed by atoms with E-state index in [-0.39, 0.29) is 18.1 Å². The first kappa shape index (κ1) is 14.5. The standard InChI is InChI=1S/C15H22N4OS/c1-18-10-12(9-16-18)14-11-21-8-7-19(14)15(20)17-13-5-3-2-4-6-13/h3,5,9-10,13-14H,2,4,6-8,11H2,1H3,(H,17,20)/t13-,14-/m1/s1. The zero-order chi connectivity index (χ0) is 14.7. The van der Waals surface area contributed by atoms with Crippen LogP contribution in [0, 0.1) is 0 Å². The Bertz CT molecular complexity index is 527. The van der Waals surface area contributed by atoms with E-state index in [2.05, 4.69) is 22.6 Å². The Morgan fingerprint density at radius 1 is 1.52 bits per heavy atom. The lowest BCUT2D eigenvalue weighted by Gasteiger charge is -2.36. The summed E-state index contributed by atoms with van der Waals surface area (Å²) >= 11 is 1.90. The van der Waals surface area contributed by atoms with Crippen LogP contribution in [0.15, 0.2) is 24.5 Å². The highest BCUT2D eigenvalue weighted by atomic mass is 32.2. The van der Waals surface area contributed by atoms with Gasteiger partial charge in [0.2, 0.25) is 0 Å². The second-order valence-corrected chi connectivity index (χ2v) is 6.80. The SMILES string of the molecule is Cn1cc([C@H]2CSCCN2C(=O)N[C@@H]2C=CCCC2)cn1. The van der Waals surface area contributed by atoms with Crippen molar-refractivity contribution in [2.75, 3.05) is 18.1 Å². The maximum absolute atomic E-state index is 12.6. The molecule has 0 saturated carbocycles. The van der Waals surface area contributed by atoms with Crippen molar-refractivity contribution < 1.29 is 4.79 Å². The number of nitrogens with one attached hydrogen (secondary N) is 1. The van der Waals surface area contributed by atoms with E-state index >= 15 is 0 Å². The number of aryl methyl sites for hydroxylation is 1. The van der Waals surface area contributed by atoms with Gasteiger partial charge in [-0.1, -0.05) is 12.2 Å². The summed E-state index contributed by atoms with van der Waals surface area (Å²) in [4.78, 5) is 14.6. The van der Waals surface area contributed by atoms with Crippen LogP contribution in [-0.2, 0) is 7.05 Å². The minimum atomic E-state index is 0.0562. The van der Waals surface area contributed by atoms with Gasteiger partial charge in [0.05, 0.1) is 12.2 Å². The van der Waals surface area contributed by atoms with Gasteiger partial charge in [-0.15, -0.1) is 0 Å². The molecular formula is C15H22N4OS. The zero-order valence-corrected chi connectivity index (χ0v) is 13.2. The summed E-state index contributed by atoms with van der Waals surface area (Å²) in [5, 5.41) is 7.40. The van der Waals surface area contributed by atoms with Gasteiger partial charge in [0.1, 0.15) is 0 Å². The summed E-state index contributed by atoms with van der Waals surface area (Å²) in [6.45, 7) is 0.798. The van der Waals surface area contributed by atoms with Gasteiger partial charge in [0.15, 0.2) is 0 Å². The fourth-order valence-electron chi connectivity index (χ4n) is 2.91. The van der Waals surface area contributed by atoms with Crippen molar-refractivity contribution in [2.45, 2.75) is 31.3 Å². The van der Waals surface area contributed by atoms with Crippen LogP contribution < -0.4 is 5.32 Å². The average molecular weight is 306 g/mol. The molecule has 3 rings (SSSR count). The summed E-state index contributed by atoms with van der Waals surface area (Å²) in [7, 11) is 1.91. The summed E-state index contributed by atoms with van der Waals surface area (Å²) in [5.74, 6) is 1.95. The average Bonchev–Trinajstić information content (AvgIpc) is 2.95. The van der Waals surface area contributed by atoms with Crippen LogP contribution in [0.1, 0.15) is 30.9 Å². The number of aromatic nitrogens is 2. The molecule has 0 spiro atoms. The smallest absolute Gasteiger partial charge is 0.318 e. The van der Waals surface area contributed by atoms with Crippen LogP contribution in [0.5, 0.6) is 0 Å². The van der Waals surface area contributed by atoms with Gasteiger partial charge in [-0.2, -0.15) is 16.9 Å². The Morgan fingerprint density at radius 2 is 2.43 bits per heavy atom. The number of nitrogens with zero attached hydrogens (tertiary/aromatic N) is 3.